The number of fused-ring (bicyclic) bond motifs is 2. The van der Waals surface area contributed by atoms with E-state index in [4.69, 9.17) is 25.8 Å². The molecule has 0 unspecified atom stereocenters. The molecular formula is C29H18ClNO6S. The smallest absolute Gasteiger partial charge is 0.344 e. The summed E-state index contributed by atoms with van der Waals surface area (Å²) < 4.78 is 16.3. The van der Waals surface area contributed by atoms with E-state index in [-0.39, 0.29) is 18.2 Å². The van der Waals surface area contributed by atoms with E-state index in [1.54, 1.807) is 48.5 Å². The van der Waals surface area contributed by atoms with Gasteiger partial charge in [-0.15, -0.1) is 0 Å². The highest BCUT2D eigenvalue weighted by Gasteiger charge is 2.35. The van der Waals surface area contributed by atoms with Gasteiger partial charge < -0.3 is 14.2 Å². The summed E-state index contributed by atoms with van der Waals surface area (Å²) in [6, 6.07) is 23.1. The molecule has 2 amide bonds. The summed E-state index contributed by atoms with van der Waals surface area (Å²) in [4.78, 5) is 40.0. The molecule has 4 aromatic rings. The number of hydrogen-bond acceptors (Lipinski definition) is 7. The number of carbonyl (C=O) groups is 3. The zero-order valence-corrected chi connectivity index (χ0v) is 21.3. The van der Waals surface area contributed by atoms with Gasteiger partial charge >= 0.3 is 5.97 Å². The minimum Gasteiger partial charge on any atom is -0.454 e. The van der Waals surface area contributed by atoms with Crippen LogP contribution in [-0.4, -0.2) is 28.8 Å². The fourth-order valence-electron chi connectivity index (χ4n) is 4.27. The summed E-state index contributed by atoms with van der Waals surface area (Å²) in [5.41, 5.74) is 1.64. The third-order valence-corrected chi connectivity index (χ3v) is 7.38. The second-order valence-corrected chi connectivity index (χ2v) is 9.95. The van der Waals surface area contributed by atoms with Gasteiger partial charge in [-0.2, -0.15) is 0 Å². The minimum absolute atomic E-state index is 0.000163. The van der Waals surface area contributed by atoms with Gasteiger partial charge in [0.25, 0.3) is 11.1 Å². The lowest BCUT2D eigenvalue weighted by Crippen LogP contribution is -2.27. The van der Waals surface area contributed by atoms with Crippen LogP contribution in [0.4, 0.5) is 4.79 Å². The lowest BCUT2D eigenvalue weighted by atomic mass is 10.0. The lowest BCUT2D eigenvalue weighted by molar-refractivity contribution is -0.123. The SMILES string of the molecule is O=C(Oc1cccc(/C=C2\SC(=O)N(Cc3cc4c(cc3Cl)OCO4)C2=O)c1)c1cccc2ccccc12. The maximum atomic E-state index is 13.1. The molecule has 9 heteroatoms. The standard InChI is InChI=1S/C29H18ClNO6S/c30-23-14-25-24(35-16-36-25)13-19(23)15-31-27(32)26(38-29(31)34)12-17-5-3-8-20(11-17)37-28(33)22-10-4-7-18-6-1-2-9-21(18)22/h1-14H,15-16H2/b26-12-. The van der Waals surface area contributed by atoms with Gasteiger partial charge in [0.1, 0.15) is 5.75 Å². The zero-order chi connectivity index (χ0) is 26.2. The predicted molar refractivity (Wildman–Crippen MR) is 144 cm³/mol. The summed E-state index contributed by atoms with van der Waals surface area (Å²) in [5, 5.41) is 1.70. The van der Waals surface area contributed by atoms with Crippen molar-refractivity contribution in [2.24, 2.45) is 0 Å². The number of imide groups is 1. The molecule has 0 atom stereocenters. The fourth-order valence-corrected chi connectivity index (χ4v) is 5.32. The van der Waals surface area contributed by atoms with Crippen molar-refractivity contribution < 1.29 is 28.6 Å². The van der Waals surface area contributed by atoms with Crippen LogP contribution < -0.4 is 14.2 Å². The van der Waals surface area contributed by atoms with Gasteiger partial charge in [0.15, 0.2) is 11.5 Å². The fraction of sp³-hybridized carbons (Fsp3) is 0.0690. The number of esters is 1. The highest BCUT2D eigenvalue weighted by molar-refractivity contribution is 8.18. The molecule has 2 aliphatic rings. The summed E-state index contributed by atoms with van der Waals surface area (Å²) in [5.74, 6) is 0.436. The molecule has 1 fully saturated rings. The maximum Gasteiger partial charge on any atom is 0.344 e. The van der Waals surface area contributed by atoms with E-state index in [1.807, 2.05) is 36.4 Å². The Labute approximate surface area is 226 Å². The van der Waals surface area contributed by atoms with Crippen LogP contribution in [0.1, 0.15) is 21.5 Å². The maximum absolute atomic E-state index is 13.1. The van der Waals surface area contributed by atoms with Crippen LogP contribution in [0.15, 0.2) is 83.8 Å². The molecule has 0 radical (unpaired) electrons. The van der Waals surface area contributed by atoms with E-state index in [0.717, 1.165) is 27.4 Å². The monoisotopic (exact) mass is 543 g/mol. The van der Waals surface area contributed by atoms with E-state index >= 15 is 0 Å². The Morgan fingerprint density at radius 1 is 0.974 bits per heavy atom. The van der Waals surface area contributed by atoms with Gasteiger partial charge in [-0.25, -0.2) is 4.79 Å². The number of rotatable bonds is 5. The average Bonchev–Trinajstić information content (AvgIpc) is 3.47. The average molecular weight is 544 g/mol. The highest BCUT2D eigenvalue weighted by Crippen LogP contribution is 2.39. The van der Waals surface area contributed by atoms with Crippen LogP contribution >= 0.6 is 23.4 Å². The Morgan fingerprint density at radius 2 is 1.74 bits per heavy atom. The predicted octanol–water partition coefficient (Wildman–Crippen LogP) is 6.68. The van der Waals surface area contributed by atoms with Crippen molar-refractivity contribution in [1.29, 1.82) is 0 Å². The van der Waals surface area contributed by atoms with Gasteiger partial charge in [0.05, 0.1) is 17.0 Å². The Kier molecular flexibility index (Phi) is 6.27. The van der Waals surface area contributed by atoms with E-state index in [1.165, 1.54) is 0 Å². The van der Waals surface area contributed by atoms with Gasteiger partial charge in [0, 0.05) is 11.1 Å². The van der Waals surface area contributed by atoms with Crippen LogP contribution in [-0.2, 0) is 11.3 Å². The summed E-state index contributed by atoms with van der Waals surface area (Å²) in [6.45, 7) is 0.0932. The van der Waals surface area contributed by atoms with Crippen LogP contribution in [0.5, 0.6) is 17.2 Å². The quantitative estimate of drug-likeness (QED) is 0.158. The molecule has 188 valence electrons. The van der Waals surface area contributed by atoms with Gasteiger partial charge in [-0.3, -0.25) is 14.5 Å². The first-order valence-electron chi connectivity index (χ1n) is 11.6. The van der Waals surface area contributed by atoms with Crippen molar-refractivity contribution >= 4 is 57.3 Å². The van der Waals surface area contributed by atoms with E-state index in [9.17, 15) is 14.4 Å². The first-order chi connectivity index (χ1) is 18.5. The molecule has 0 saturated carbocycles. The molecule has 1 saturated heterocycles. The summed E-state index contributed by atoms with van der Waals surface area (Å²) >= 11 is 7.17. The van der Waals surface area contributed by atoms with E-state index < -0.39 is 17.1 Å². The first-order valence-corrected chi connectivity index (χ1v) is 12.8. The van der Waals surface area contributed by atoms with Crippen molar-refractivity contribution in [3.05, 3.63) is 105 Å². The third-order valence-electron chi connectivity index (χ3n) is 6.12. The Bertz CT molecular complexity index is 1660. The van der Waals surface area contributed by atoms with Crippen LogP contribution in [0.2, 0.25) is 5.02 Å². The van der Waals surface area contributed by atoms with Crippen LogP contribution in [0.3, 0.4) is 0 Å². The minimum atomic E-state index is -0.486. The molecule has 0 aromatic heterocycles. The molecule has 2 heterocycles. The number of thioether (sulfide) groups is 1. The summed E-state index contributed by atoms with van der Waals surface area (Å²) in [6.07, 6.45) is 1.60. The van der Waals surface area contributed by atoms with Gasteiger partial charge in [-0.1, -0.05) is 60.1 Å². The molecule has 2 aliphatic heterocycles. The second kappa shape index (κ2) is 9.89. The topological polar surface area (TPSA) is 82.1 Å². The van der Waals surface area contributed by atoms with Gasteiger partial charge in [-0.05, 0) is 64.0 Å². The Hall–Kier alpha value is -4.27. The largest absolute Gasteiger partial charge is 0.454 e. The third kappa shape index (κ3) is 4.60. The zero-order valence-electron chi connectivity index (χ0n) is 19.7. The van der Waals surface area contributed by atoms with E-state index in [2.05, 4.69) is 0 Å². The van der Waals surface area contributed by atoms with Crippen molar-refractivity contribution in [2.45, 2.75) is 6.54 Å². The number of amides is 2. The molecule has 38 heavy (non-hydrogen) atoms. The number of benzene rings is 4. The molecule has 0 bridgehead atoms. The Morgan fingerprint density at radius 3 is 2.61 bits per heavy atom. The molecule has 6 rings (SSSR count). The molecule has 7 nitrogen and oxygen atoms in total. The van der Waals surface area contributed by atoms with Crippen LogP contribution in [0, 0.1) is 0 Å². The van der Waals surface area contributed by atoms with Crippen molar-refractivity contribution in [3.63, 3.8) is 0 Å². The van der Waals surface area contributed by atoms with Gasteiger partial charge in [0.2, 0.25) is 6.79 Å². The summed E-state index contributed by atoms with van der Waals surface area (Å²) in [7, 11) is 0. The molecule has 0 aliphatic carbocycles. The lowest BCUT2D eigenvalue weighted by Gasteiger charge is -2.14. The highest BCUT2D eigenvalue weighted by atomic mass is 35.5. The molecule has 0 N–H and O–H groups in total. The second-order valence-electron chi connectivity index (χ2n) is 8.55. The van der Waals surface area contributed by atoms with Crippen LogP contribution in [0.25, 0.3) is 16.8 Å². The molecular weight excluding hydrogens is 526 g/mol. The number of carbonyl (C=O) groups excluding carboxylic acids is 3. The number of halogens is 1. The van der Waals surface area contributed by atoms with Crippen molar-refractivity contribution in [2.75, 3.05) is 6.79 Å². The number of ether oxygens (including phenoxy) is 3. The Balaban J connectivity index is 1.20. The molecule has 4 aromatic carbocycles. The van der Waals surface area contributed by atoms with E-state index in [0.29, 0.717) is 39.0 Å². The number of hydrogen-bond donors (Lipinski definition) is 0. The number of nitrogens with zero attached hydrogens (tertiary/aromatic N) is 1. The normalized spacial score (nSPS) is 15.5. The molecule has 0 spiro atoms. The first kappa shape index (κ1) is 24.1. The van der Waals surface area contributed by atoms with Crippen molar-refractivity contribution in [3.8, 4) is 17.2 Å². The van der Waals surface area contributed by atoms with Crippen molar-refractivity contribution in [1.82, 2.24) is 4.90 Å².